The Balaban J connectivity index is 2.14. The van der Waals surface area contributed by atoms with E-state index in [9.17, 15) is 4.39 Å². The summed E-state index contributed by atoms with van der Waals surface area (Å²) in [6.07, 6.45) is 2.89. The van der Waals surface area contributed by atoms with Gasteiger partial charge in [0, 0.05) is 18.4 Å². The Kier molecular flexibility index (Phi) is 3.16. The van der Waals surface area contributed by atoms with Crippen LogP contribution in [-0.2, 0) is 11.1 Å². The van der Waals surface area contributed by atoms with Gasteiger partial charge in [-0.25, -0.2) is 4.39 Å². The Morgan fingerprint density at radius 1 is 1.20 bits per heavy atom. The molecule has 3 nitrogen and oxygen atoms in total. The number of nitrogens with two attached hydrogens (primary N) is 1. The predicted octanol–water partition coefficient (Wildman–Crippen LogP) is 3.04. The Hall–Kier alpha value is -1.29. The molecule has 1 aliphatic carbocycles. The van der Waals surface area contributed by atoms with Gasteiger partial charge in [-0.1, -0.05) is 0 Å². The number of halogens is 1. The van der Waals surface area contributed by atoms with Crippen molar-refractivity contribution < 1.29 is 13.9 Å². The monoisotopic (exact) mass is 279 g/mol. The first-order valence-electron chi connectivity index (χ1n) is 7.30. The minimum Gasteiger partial charge on any atom is -0.490 e. The van der Waals surface area contributed by atoms with E-state index in [2.05, 4.69) is 0 Å². The van der Waals surface area contributed by atoms with Crippen molar-refractivity contribution in [3.63, 3.8) is 0 Å². The fourth-order valence-corrected chi connectivity index (χ4v) is 2.87. The number of ether oxygens (including phenoxy) is 2. The molecule has 0 atom stereocenters. The average molecular weight is 279 g/mol. The molecular formula is C16H22FNO2. The van der Waals surface area contributed by atoms with Crippen LogP contribution in [0, 0.1) is 0 Å². The summed E-state index contributed by atoms with van der Waals surface area (Å²) in [5.74, 6) is 1.38. The van der Waals surface area contributed by atoms with Crippen molar-refractivity contribution in [3.05, 3.63) is 23.3 Å². The average Bonchev–Trinajstić information content (AvgIpc) is 3.20. The zero-order chi connectivity index (χ0) is 14.4. The second kappa shape index (κ2) is 4.62. The zero-order valence-corrected chi connectivity index (χ0v) is 12.2. The third-order valence-corrected chi connectivity index (χ3v) is 4.34. The Bertz CT molecular complexity index is 518. The van der Waals surface area contributed by atoms with E-state index in [0.717, 1.165) is 30.6 Å². The molecule has 4 heteroatoms. The van der Waals surface area contributed by atoms with E-state index >= 15 is 0 Å². The first kappa shape index (κ1) is 13.7. The molecular weight excluding hydrogens is 257 g/mol. The van der Waals surface area contributed by atoms with E-state index in [1.54, 1.807) is 13.8 Å². The van der Waals surface area contributed by atoms with Gasteiger partial charge in [-0.3, -0.25) is 0 Å². The first-order valence-corrected chi connectivity index (χ1v) is 7.30. The lowest BCUT2D eigenvalue weighted by Gasteiger charge is -2.26. The van der Waals surface area contributed by atoms with Gasteiger partial charge < -0.3 is 15.2 Å². The molecule has 0 spiro atoms. The lowest BCUT2D eigenvalue weighted by Crippen LogP contribution is -2.25. The number of fused-ring (bicyclic) bond motifs is 1. The van der Waals surface area contributed by atoms with Crippen LogP contribution in [0.25, 0.3) is 0 Å². The number of hydrogen-bond donors (Lipinski definition) is 1. The Labute approximate surface area is 119 Å². The number of hydrogen-bond acceptors (Lipinski definition) is 3. The summed E-state index contributed by atoms with van der Waals surface area (Å²) in [5.41, 5.74) is 6.13. The SMILES string of the molecule is CC(C)(F)c1cc2c(cc1C1(CN)CC1)OCCCO2. The minimum atomic E-state index is -1.41. The quantitative estimate of drug-likeness (QED) is 0.925. The minimum absolute atomic E-state index is 0.0661. The molecule has 0 radical (unpaired) electrons. The van der Waals surface area contributed by atoms with Gasteiger partial charge in [0.1, 0.15) is 5.67 Å². The second-order valence-corrected chi connectivity index (χ2v) is 6.35. The molecule has 0 bridgehead atoms. The van der Waals surface area contributed by atoms with Crippen molar-refractivity contribution in [2.24, 2.45) is 5.73 Å². The smallest absolute Gasteiger partial charge is 0.161 e. The standard InChI is InChI=1S/C16H22FNO2/c1-15(2,17)11-8-13-14(20-7-3-6-19-13)9-12(11)16(10-18)4-5-16/h8-9H,3-7,10,18H2,1-2H3. The van der Waals surface area contributed by atoms with E-state index in [0.29, 0.717) is 31.1 Å². The lowest BCUT2D eigenvalue weighted by molar-refractivity contribution is 0.217. The summed E-state index contributed by atoms with van der Waals surface area (Å²) in [6, 6.07) is 3.77. The molecule has 2 N–H and O–H groups in total. The van der Waals surface area contributed by atoms with Gasteiger partial charge in [0.15, 0.2) is 11.5 Å². The topological polar surface area (TPSA) is 44.5 Å². The van der Waals surface area contributed by atoms with Gasteiger partial charge in [0.05, 0.1) is 13.2 Å². The summed E-state index contributed by atoms with van der Waals surface area (Å²) in [5, 5.41) is 0. The summed E-state index contributed by atoms with van der Waals surface area (Å²) in [4.78, 5) is 0. The van der Waals surface area contributed by atoms with Crippen LogP contribution in [0.1, 0.15) is 44.2 Å². The molecule has 110 valence electrons. The third-order valence-electron chi connectivity index (χ3n) is 4.34. The molecule has 0 unspecified atom stereocenters. The van der Waals surface area contributed by atoms with Gasteiger partial charge in [-0.15, -0.1) is 0 Å². The highest BCUT2D eigenvalue weighted by molar-refractivity contribution is 5.53. The lowest BCUT2D eigenvalue weighted by atomic mass is 9.85. The molecule has 2 aliphatic rings. The highest BCUT2D eigenvalue weighted by Crippen LogP contribution is 2.53. The molecule has 1 fully saturated rings. The maximum absolute atomic E-state index is 14.6. The molecule has 0 amide bonds. The molecule has 1 saturated carbocycles. The predicted molar refractivity (Wildman–Crippen MR) is 76.1 cm³/mol. The zero-order valence-electron chi connectivity index (χ0n) is 12.2. The highest BCUT2D eigenvalue weighted by Gasteiger charge is 2.46. The van der Waals surface area contributed by atoms with E-state index in [1.807, 2.05) is 12.1 Å². The van der Waals surface area contributed by atoms with Crippen LogP contribution < -0.4 is 15.2 Å². The van der Waals surface area contributed by atoms with E-state index < -0.39 is 5.67 Å². The van der Waals surface area contributed by atoms with Crippen LogP contribution in [0.3, 0.4) is 0 Å². The summed E-state index contributed by atoms with van der Waals surface area (Å²) < 4.78 is 26.0. The third kappa shape index (κ3) is 2.26. The maximum atomic E-state index is 14.6. The fourth-order valence-electron chi connectivity index (χ4n) is 2.87. The van der Waals surface area contributed by atoms with Gasteiger partial charge in [0.25, 0.3) is 0 Å². The van der Waals surface area contributed by atoms with Crippen molar-refractivity contribution in [2.75, 3.05) is 19.8 Å². The van der Waals surface area contributed by atoms with Crippen molar-refractivity contribution >= 4 is 0 Å². The second-order valence-electron chi connectivity index (χ2n) is 6.35. The molecule has 1 heterocycles. The van der Waals surface area contributed by atoms with Crippen molar-refractivity contribution in [1.29, 1.82) is 0 Å². The van der Waals surface area contributed by atoms with Crippen LogP contribution >= 0.6 is 0 Å². The summed E-state index contributed by atoms with van der Waals surface area (Å²) in [7, 11) is 0. The van der Waals surface area contributed by atoms with Crippen LogP contribution in [0.15, 0.2) is 12.1 Å². The fraction of sp³-hybridized carbons (Fsp3) is 0.625. The molecule has 0 aromatic heterocycles. The summed E-state index contributed by atoms with van der Waals surface area (Å²) >= 11 is 0. The maximum Gasteiger partial charge on any atom is 0.161 e. The molecule has 20 heavy (non-hydrogen) atoms. The Morgan fingerprint density at radius 3 is 2.30 bits per heavy atom. The van der Waals surface area contributed by atoms with E-state index in [4.69, 9.17) is 15.2 Å². The van der Waals surface area contributed by atoms with Crippen molar-refractivity contribution in [2.45, 2.75) is 44.2 Å². The highest BCUT2D eigenvalue weighted by atomic mass is 19.1. The molecule has 1 aliphatic heterocycles. The van der Waals surface area contributed by atoms with Crippen molar-refractivity contribution in [3.8, 4) is 11.5 Å². The van der Waals surface area contributed by atoms with Crippen LogP contribution in [0.4, 0.5) is 4.39 Å². The number of benzene rings is 1. The number of rotatable bonds is 3. The van der Waals surface area contributed by atoms with Crippen LogP contribution in [0.2, 0.25) is 0 Å². The van der Waals surface area contributed by atoms with Crippen molar-refractivity contribution in [1.82, 2.24) is 0 Å². The molecule has 1 aromatic rings. The van der Waals surface area contributed by atoms with E-state index in [-0.39, 0.29) is 5.41 Å². The van der Waals surface area contributed by atoms with Gasteiger partial charge in [0.2, 0.25) is 0 Å². The summed E-state index contributed by atoms with van der Waals surface area (Å²) in [6.45, 7) is 4.97. The van der Waals surface area contributed by atoms with Gasteiger partial charge in [-0.05, 0) is 49.9 Å². The van der Waals surface area contributed by atoms with Crippen LogP contribution in [-0.4, -0.2) is 19.8 Å². The first-order chi connectivity index (χ1) is 9.46. The molecule has 3 rings (SSSR count). The number of alkyl halides is 1. The molecule has 0 saturated heterocycles. The molecule has 1 aromatic carbocycles. The van der Waals surface area contributed by atoms with Gasteiger partial charge in [-0.2, -0.15) is 0 Å². The largest absolute Gasteiger partial charge is 0.490 e. The normalized spacial score (nSPS) is 20.4. The van der Waals surface area contributed by atoms with Crippen LogP contribution in [0.5, 0.6) is 11.5 Å². The Morgan fingerprint density at radius 2 is 1.80 bits per heavy atom. The van der Waals surface area contributed by atoms with Gasteiger partial charge >= 0.3 is 0 Å². The van der Waals surface area contributed by atoms with E-state index in [1.165, 1.54) is 0 Å².